The predicted molar refractivity (Wildman–Crippen MR) is 70.1 cm³/mol. The van der Waals surface area contributed by atoms with E-state index in [2.05, 4.69) is 0 Å². The smallest absolute Gasteiger partial charge is 0.339 e. The van der Waals surface area contributed by atoms with Gasteiger partial charge in [-0.25, -0.2) is 0 Å². The number of rotatable bonds is 4. The Morgan fingerprint density at radius 1 is 0.944 bits per heavy atom. The Hall–Kier alpha value is -1.81. The molecule has 0 aliphatic heterocycles. The Balaban J connectivity index is 2.22. The number of aryl methyl sites for hydroxylation is 1. The summed E-state index contributed by atoms with van der Waals surface area (Å²) in [6.45, 7) is 2.04. The van der Waals surface area contributed by atoms with Crippen LogP contribution in [0.15, 0.2) is 59.5 Å². The summed E-state index contributed by atoms with van der Waals surface area (Å²) in [5.41, 5.74) is 1.14. The first kappa shape index (κ1) is 12.6. The average Bonchev–Trinajstić information content (AvgIpc) is 2.40. The molecule has 0 saturated heterocycles. The molecule has 0 heterocycles. The maximum Gasteiger partial charge on any atom is 0.339 e. The number of hydrogen-bond donors (Lipinski definition) is 0. The molecule has 2 rings (SSSR count). The monoisotopic (exact) mass is 262 g/mol. The zero-order valence-corrected chi connectivity index (χ0v) is 10.9. The lowest BCUT2D eigenvalue weighted by atomic mass is 10.2. The third-order valence-corrected chi connectivity index (χ3v) is 3.83. The van der Waals surface area contributed by atoms with E-state index in [0.29, 0.717) is 5.75 Å². The Morgan fingerprint density at radius 2 is 1.56 bits per heavy atom. The molecule has 0 aliphatic rings. The highest BCUT2D eigenvalue weighted by Crippen LogP contribution is 2.19. The van der Waals surface area contributed by atoms with E-state index in [0.717, 1.165) is 12.0 Å². The van der Waals surface area contributed by atoms with Crippen LogP contribution in [0.5, 0.6) is 5.75 Å². The van der Waals surface area contributed by atoms with Gasteiger partial charge in [0.15, 0.2) is 0 Å². The Kier molecular flexibility index (Phi) is 3.67. The highest BCUT2D eigenvalue weighted by atomic mass is 32.2. The first-order valence-corrected chi connectivity index (χ1v) is 7.11. The van der Waals surface area contributed by atoms with Crippen LogP contribution >= 0.6 is 0 Å². The SMILES string of the molecule is CCc1ccc(OS(=O)(=O)c2ccccc2)cc1. The Labute approximate surface area is 107 Å². The van der Waals surface area contributed by atoms with Crippen LogP contribution in [0.3, 0.4) is 0 Å². The molecule has 4 heteroatoms. The summed E-state index contributed by atoms with van der Waals surface area (Å²) < 4.78 is 28.9. The van der Waals surface area contributed by atoms with Crippen LogP contribution in [0.4, 0.5) is 0 Å². The summed E-state index contributed by atoms with van der Waals surface area (Å²) in [4.78, 5) is 0.157. The molecule has 0 bridgehead atoms. The summed E-state index contributed by atoms with van der Waals surface area (Å²) in [5, 5.41) is 0. The summed E-state index contributed by atoms with van der Waals surface area (Å²) in [5.74, 6) is 0.330. The van der Waals surface area contributed by atoms with Crippen LogP contribution < -0.4 is 4.18 Å². The molecular weight excluding hydrogens is 248 g/mol. The maximum atomic E-state index is 11.9. The normalized spacial score (nSPS) is 11.2. The lowest BCUT2D eigenvalue weighted by Gasteiger charge is -2.07. The molecule has 0 atom stereocenters. The van der Waals surface area contributed by atoms with Gasteiger partial charge in [0.05, 0.1) is 0 Å². The molecule has 0 spiro atoms. The highest BCUT2D eigenvalue weighted by molar-refractivity contribution is 7.87. The van der Waals surface area contributed by atoms with Gasteiger partial charge in [-0.2, -0.15) is 8.42 Å². The topological polar surface area (TPSA) is 43.4 Å². The van der Waals surface area contributed by atoms with Crippen LogP contribution in [0.2, 0.25) is 0 Å². The third-order valence-electron chi connectivity index (χ3n) is 2.57. The van der Waals surface area contributed by atoms with E-state index in [9.17, 15) is 8.42 Å². The molecule has 18 heavy (non-hydrogen) atoms. The second-order valence-electron chi connectivity index (χ2n) is 3.85. The molecule has 0 aromatic heterocycles. The van der Waals surface area contributed by atoms with Gasteiger partial charge in [0, 0.05) is 0 Å². The molecule has 3 nitrogen and oxygen atoms in total. The van der Waals surface area contributed by atoms with Crippen molar-refractivity contribution in [1.82, 2.24) is 0 Å². The average molecular weight is 262 g/mol. The fourth-order valence-corrected chi connectivity index (χ4v) is 2.49. The zero-order chi connectivity index (χ0) is 13.0. The van der Waals surface area contributed by atoms with Crippen molar-refractivity contribution in [3.8, 4) is 5.75 Å². The minimum absolute atomic E-state index is 0.157. The van der Waals surface area contributed by atoms with Crippen LogP contribution in [0.1, 0.15) is 12.5 Å². The first-order valence-electron chi connectivity index (χ1n) is 5.70. The van der Waals surface area contributed by atoms with Crippen LogP contribution in [0.25, 0.3) is 0 Å². The van der Waals surface area contributed by atoms with Gasteiger partial charge >= 0.3 is 10.1 Å². The zero-order valence-electron chi connectivity index (χ0n) is 10.0. The van der Waals surface area contributed by atoms with Crippen LogP contribution in [-0.4, -0.2) is 8.42 Å². The summed E-state index contributed by atoms with van der Waals surface area (Å²) in [7, 11) is -3.73. The third kappa shape index (κ3) is 2.90. The van der Waals surface area contributed by atoms with Gasteiger partial charge in [0.25, 0.3) is 0 Å². The van der Waals surface area contributed by atoms with Gasteiger partial charge in [0.1, 0.15) is 10.6 Å². The molecule has 0 fully saturated rings. The van der Waals surface area contributed by atoms with Crippen molar-refractivity contribution < 1.29 is 12.6 Å². The Morgan fingerprint density at radius 3 is 2.11 bits per heavy atom. The van der Waals surface area contributed by atoms with Crippen LogP contribution in [-0.2, 0) is 16.5 Å². The minimum Gasteiger partial charge on any atom is -0.379 e. The van der Waals surface area contributed by atoms with Gasteiger partial charge in [-0.3, -0.25) is 0 Å². The van der Waals surface area contributed by atoms with E-state index in [4.69, 9.17) is 4.18 Å². The molecule has 0 saturated carbocycles. The molecule has 0 radical (unpaired) electrons. The molecule has 94 valence electrons. The van der Waals surface area contributed by atoms with Crippen molar-refractivity contribution in [3.63, 3.8) is 0 Å². The standard InChI is InChI=1S/C14H14O3S/c1-2-12-8-10-13(11-9-12)17-18(15,16)14-6-4-3-5-7-14/h3-11H,2H2,1H3. The molecular formula is C14H14O3S. The van der Waals surface area contributed by atoms with E-state index in [-0.39, 0.29) is 4.90 Å². The van der Waals surface area contributed by atoms with Crippen molar-refractivity contribution in [2.24, 2.45) is 0 Å². The number of benzene rings is 2. The van der Waals surface area contributed by atoms with Crippen molar-refractivity contribution in [2.75, 3.05) is 0 Å². The Bertz CT molecular complexity index is 601. The second-order valence-corrected chi connectivity index (χ2v) is 5.39. The molecule has 2 aromatic carbocycles. The largest absolute Gasteiger partial charge is 0.379 e. The lowest BCUT2D eigenvalue weighted by molar-refractivity contribution is 0.486. The predicted octanol–water partition coefficient (Wildman–Crippen LogP) is 3.02. The fourth-order valence-electron chi connectivity index (χ4n) is 1.54. The first-order chi connectivity index (χ1) is 8.62. The van der Waals surface area contributed by atoms with Gasteiger partial charge in [-0.15, -0.1) is 0 Å². The van der Waals surface area contributed by atoms with Gasteiger partial charge in [0.2, 0.25) is 0 Å². The van der Waals surface area contributed by atoms with Gasteiger partial charge < -0.3 is 4.18 Å². The summed E-state index contributed by atoms with van der Waals surface area (Å²) in [6, 6.07) is 15.2. The van der Waals surface area contributed by atoms with Crippen molar-refractivity contribution in [2.45, 2.75) is 18.2 Å². The maximum absolute atomic E-state index is 11.9. The fraction of sp³-hybridized carbons (Fsp3) is 0.143. The van der Waals surface area contributed by atoms with E-state index >= 15 is 0 Å². The van der Waals surface area contributed by atoms with Crippen molar-refractivity contribution in [3.05, 3.63) is 60.2 Å². The molecule has 0 amide bonds. The highest BCUT2D eigenvalue weighted by Gasteiger charge is 2.15. The molecule has 0 N–H and O–H groups in total. The van der Waals surface area contributed by atoms with Gasteiger partial charge in [-0.05, 0) is 36.2 Å². The molecule has 2 aromatic rings. The van der Waals surface area contributed by atoms with E-state index < -0.39 is 10.1 Å². The number of hydrogen-bond acceptors (Lipinski definition) is 3. The van der Waals surface area contributed by atoms with E-state index in [1.165, 1.54) is 12.1 Å². The summed E-state index contributed by atoms with van der Waals surface area (Å²) in [6.07, 6.45) is 0.908. The quantitative estimate of drug-likeness (QED) is 0.795. The summed E-state index contributed by atoms with van der Waals surface area (Å²) >= 11 is 0. The van der Waals surface area contributed by atoms with Crippen molar-refractivity contribution >= 4 is 10.1 Å². The second kappa shape index (κ2) is 5.23. The van der Waals surface area contributed by atoms with E-state index in [1.54, 1.807) is 30.3 Å². The van der Waals surface area contributed by atoms with Gasteiger partial charge in [-0.1, -0.05) is 37.3 Å². The lowest BCUT2D eigenvalue weighted by Crippen LogP contribution is -2.09. The molecule has 0 unspecified atom stereocenters. The minimum atomic E-state index is -3.73. The van der Waals surface area contributed by atoms with Crippen molar-refractivity contribution in [1.29, 1.82) is 0 Å². The van der Waals surface area contributed by atoms with Crippen LogP contribution in [0, 0.1) is 0 Å². The van der Waals surface area contributed by atoms with E-state index in [1.807, 2.05) is 19.1 Å². The molecule has 0 aliphatic carbocycles.